The number of nitrogens with zero attached hydrogens (tertiary/aromatic N) is 1. The number of hydrogen-bond acceptors (Lipinski definition) is 2. The smallest absolute Gasteiger partial charge is 0.294 e. The number of hydrogen-bond donors (Lipinski definition) is 0. The van der Waals surface area contributed by atoms with E-state index in [1.807, 2.05) is 38.1 Å². The number of amides is 1. The number of halogens is 3. The van der Waals surface area contributed by atoms with Crippen LogP contribution in [0.15, 0.2) is 59.8 Å². The molecule has 32 heavy (non-hydrogen) atoms. The van der Waals surface area contributed by atoms with Crippen LogP contribution >= 0.6 is 0 Å². The number of aryl methyl sites for hydroxylation is 1. The highest BCUT2D eigenvalue weighted by atomic mass is 19.4. The van der Waals surface area contributed by atoms with Crippen molar-refractivity contribution in [2.45, 2.75) is 58.5 Å². The van der Waals surface area contributed by atoms with Gasteiger partial charge >= 0.3 is 6.18 Å². The number of carbonyl (C=O) groups excluding carboxylic acids is 2. The van der Waals surface area contributed by atoms with E-state index in [0.29, 0.717) is 24.1 Å². The summed E-state index contributed by atoms with van der Waals surface area (Å²) in [6.45, 7) is 5.95. The maximum absolute atomic E-state index is 13.3. The predicted molar refractivity (Wildman–Crippen MR) is 117 cm³/mol. The molecule has 1 heterocycles. The van der Waals surface area contributed by atoms with Gasteiger partial charge in [-0.25, -0.2) is 0 Å². The molecular formula is C26H26F3NO2. The lowest BCUT2D eigenvalue weighted by Gasteiger charge is -2.43. The van der Waals surface area contributed by atoms with Crippen LogP contribution in [-0.4, -0.2) is 11.7 Å². The van der Waals surface area contributed by atoms with Gasteiger partial charge in [-0.15, -0.1) is 0 Å². The molecule has 0 bridgehead atoms. The van der Waals surface area contributed by atoms with Crippen molar-refractivity contribution >= 4 is 17.4 Å². The van der Waals surface area contributed by atoms with E-state index in [9.17, 15) is 22.8 Å². The number of Topliss-reactive ketones (excluding diaryl/α,β-unsaturated/α-hetero) is 1. The minimum absolute atomic E-state index is 0.0368. The molecule has 0 aromatic heterocycles. The van der Waals surface area contributed by atoms with Crippen LogP contribution in [0.1, 0.15) is 62.6 Å². The zero-order valence-corrected chi connectivity index (χ0v) is 18.4. The average Bonchev–Trinajstić information content (AvgIpc) is 2.71. The van der Waals surface area contributed by atoms with Crippen molar-refractivity contribution in [1.29, 1.82) is 0 Å². The minimum atomic E-state index is -4.52. The SMILES string of the molecule is CCc1ccc(C2CC(=O)N(c3cccc(C(F)(F)F)c3)C3=C2C(=O)CC(C)(C)C3)cc1. The topological polar surface area (TPSA) is 37.4 Å². The van der Waals surface area contributed by atoms with Gasteiger partial charge in [0, 0.05) is 35.7 Å². The van der Waals surface area contributed by atoms with Crippen LogP contribution in [0.3, 0.4) is 0 Å². The van der Waals surface area contributed by atoms with Crippen LogP contribution < -0.4 is 4.90 Å². The van der Waals surface area contributed by atoms with E-state index < -0.39 is 11.7 Å². The molecule has 168 valence electrons. The standard InChI is InChI=1S/C26H26F3NO2/c1-4-16-8-10-17(11-9-16)20-13-23(32)30(19-7-5-6-18(12-19)26(27,28)29)21-14-25(2,3)15-22(31)24(20)21/h5-12,20H,4,13-15H2,1-3H3. The molecular weight excluding hydrogens is 415 g/mol. The Morgan fingerprint density at radius 1 is 1.03 bits per heavy atom. The molecule has 2 aromatic rings. The molecule has 0 saturated heterocycles. The van der Waals surface area contributed by atoms with Crippen molar-refractivity contribution in [3.63, 3.8) is 0 Å². The second-order valence-electron chi connectivity index (χ2n) is 9.43. The Kier molecular flexibility index (Phi) is 5.51. The summed E-state index contributed by atoms with van der Waals surface area (Å²) in [5, 5.41) is 0. The Labute approximate surface area is 185 Å². The first-order valence-corrected chi connectivity index (χ1v) is 10.9. The lowest BCUT2D eigenvalue weighted by molar-refractivity contribution is -0.137. The molecule has 2 aromatic carbocycles. The first-order valence-electron chi connectivity index (χ1n) is 10.9. The van der Waals surface area contributed by atoms with Crippen molar-refractivity contribution in [1.82, 2.24) is 0 Å². The molecule has 0 saturated carbocycles. The zero-order valence-electron chi connectivity index (χ0n) is 18.4. The third kappa shape index (κ3) is 4.10. The summed E-state index contributed by atoms with van der Waals surface area (Å²) < 4.78 is 40.0. The van der Waals surface area contributed by atoms with E-state index in [4.69, 9.17) is 0 Å². The minimum Gasteiger partial charge on any atom is -0.294 e. The Morgan fingerprint density at radius 3 is 2.34 bits per heavy atom. The molecule has 3 nitrogen and oxygen atoms in total. The van der Waals surface area contributed by atoms with Gasteiger partial charge in [0.25, 0.3) is 0 Å². The van der Waals surface area contributed by atoms with Crippen molar-refractivity contribution in [3.8, 4) is 0 Å². The fourth-order valence-corrected chi connectivity index (χ4v) is 4.81. The van der Waals surface area contributed by atoms with Gasteiger partial charge in [0.05, 0.1) is 5.56 Å². The van der Waals surface area contributed by atoms with Crippen LogP contribution in [-0.2, 0) is 22.2 Å². The number of ketones is 1. The second-order valence-corrected chi connectivity index (χ2v) is 9.43. The van der Waals surface area contributed by atoms with Gasteiger partial charge in [0.2, 0.25) is 5.91 Å². The number of alkyl halides is 3. The molecule has 0 fully saturated rings. The predicted octanol–water partition coefficient (Wildman–Crippen LogP) is 6.43. The third-order valence-corrected chi connectivity index (χ3v) is 6.36. The van der Waals surface area contributed by atoms with Gasteiger partial charge in [-0.3, -0.25) is 14.5 Å². The van der Waals surface area contributed by atoms with Gasteiger partial charge in [-0.2, -0.15) is 13.2 Å². The molecule has 1 atom stereocenters. The highest BCUT2D eigenvalue weighted by molar-refractivity contribution is 6.07. The van der Waals surface area contributed by atoms with Crippen LogP contribution in [0.2, 0.25) is 0 Å². The number of carbonyl (C=O) groups is 2. The summed E-state index contributed by atoms with van der Waals surface area (Å²) >= 11 is 0. The Balaban J connectivity index is 1.87. The van der Waals surface area contributed by atoms with Gasteiger partial charge in [-0.05, 0) is 47.6 Å². The largest absolute Gasteiger partial charge is 0.416 e. The summed E-state index contributed by atoms with van der Waals surface area (Å²) in [6, 6.07) is 12.7. The van der Waals surface area contributed by atoms with Crippen LogP contribution in [0, 0.1) is 5.41 Å². The van der Waals surface area contributed by atoms with E-state index in [1.165, 1.54) is 17.0 Å². The van der Waals surface area contributed by atoms with Gasteiger partial charge in [0.15, 0.2) is 5.78 Å². The molecule has 1 amide bonds. The lowest BCUT2D eigenvalue weighted by Crippen LogP contribution is -2.43. The maximum Gasteiger partial charge on any atom is 0.416 e. The molecule has 0 N–H and O–H groups in total. The van der Waals surface area contributed by atoms with Gasteiger partial charge in [0.1, 0.15) is 0 Å². The van der Waals surface area contributed by atoms with Crippen molar-refractivity contribution in [3.05, 3.63) is 76.5 Å². The molecule has 6 heteroatoms. The molecule has 1 aliphatic carbocycles. The third-order valence-electron chi connectivity index (χ3n) is 6.36. The summed E-state index contributed by atoms with van der Waals surface area (Å²) in [5.41, 5.74) is 2.10. The van der Waals surface area contributed by atoms with E-state index in [1.54, 1.807) is 0 Å². The number of benzene rings is 2. The quantitative estimate of drug-likeness (QED) is 0.550. The molecule has 0 radical (unpaired) electrons. The lowest BCUT2D eigenvalue weighted by atomic mass is 9.69. The zero-order chi connectivity index (χ0) is 23.3. The average molecular weight is 441 g/mol. The van der Waals surface area contributed by atoms with Crippen molar-refractivity contribution < 1.29 is 22.8 Å². The van der Waals surface area contributed by atoms with Crippen LogP contribution in [0.4, 0.5) is 18.9 Å². The fourth-order valence-electron chi connectivity index (χ4n) is 4.81. The maximum atomic E-state index is 13.3. The Morgan fingerprint density at radius 2 is 1.72 bits per heavy atom. The van der Waals surface area contributed by atoms with E-state index in [0.717, 1.165) is 29.7 Å². The number of allylic oxidation sites excluding steroid dienone is 2. The summed E-state index contributed by atoms with van der Waals surface area (Å²) in [6.07, 6.45) is -2.79. The van der Waals surface area contributed by atoms with Crippen LogP contribution in [0.5, 0.6) is 0 Å². The summed E-state index contributed by atoms with van der Waals surface area (Å²) in [7, 11) is 0. The summed E-state index contributed by atoms with van der Waals surface area (Å²) in [5.74, 6) is -0.711. The van der Waals surface area contributed by atoms with Gasteiger partial charge in [-0.1, -0.05) is 51.1 Å². The second kappa shape index (κ2) is 7.91. The molecule has 2 aliphatic rings. The first kappa shape index (κ1) is 22.3. The van der Waals surface area contributed by atoms with E-state index >= 15 is 0 Å². The number of rotatable bonds is 3. The molecule has 1 unspecified atom stereocenters. The monoisotopic (exact) mass is 441 g/mol. The molecule has 0 spiro atoms. The van der Waals surface area contributed by atoms with Crippen LogP contribution in [0.25, 0.3) is 0 Å². The van der Waals surface area contributed by atoms with Gasteiger partial charge < -0.3 is 0 Å². The van der Waals surface area contributed by atoms with Crippen molar-refractivity contribution in [2.75, 3.05) is 4.90 Å². The molecule has 1 aliphatic heterocycles. The highest BCUT2D eigenvalue weighted by Gasteiger charge is 2.44. The molecule has 4 rings (SSSR count). The highest BCUT2D eigenvalue weighted by Crippen LogP contribution is 2.48. The fraction of sp³-hybridized carbons (Fsp3) is 0.385. The Bertz CT molecular complexity index is 1100. The van der Waals surface area contributed by atoms with E-state index in [2.05, 4.69) is 6.92 Å². The Hall–Kier alpha value is -2.89. The first-order chi connectivity index (χ1) is 15.0. The summed E-state index contributed by atoms with van der Waals surface area (Å²) in [4.78, 5) is 28.0. The van der Waals surface area contributed by atoms with E-state index in [-0.39, 0.29) is 35.1 Å². The normalized spacial score (nSPS) is 21.1. The number of anilines is 1. The van der Waals surface area contributed by atoms with Crippen molar-refractivity contribution in [2.24, 2.45) is 5.41 Å².